The van der Waals surface area contributed by atoms with Crippen LogP contribution in [0.2, 0.25) is 5.02 Å². The quantitative estimate of drug-likeness (QED) is 0.877. The number of hydrogen-bond donors (Lipinski definition) is 1. The van der Waals surface area contributed by atoms with Crippen molar-refractivity contribution in [2.75, 3.05) is 5.75 Å². The van der Waals surface area contributed by atoms with Crippen molar-refractivity contribution in [2.24, 2.45) is 0 Å². The van der Waals surface area contributed by atoms with Crippen molar-refractivity contribution < 1.29 is 4.79 Å². The zero-order valence-electron chi connectivity index (χ0n) is 11.9. The van der Waals surface area contributed by atoms with E-state index in [4.69, 9.17) is 16.9 Å². The molecule has 0 saturated carbocycles. The second kappa shape index (κ2) is 8.47. The van der Waals surface area contributed by atoms with Crippen LogP contribution in [0.4, 0.5) is 0 Å². The molecule has 0 bridgehead atoms. The highest BCUT2D eigenvalue weighted by atomic mass is 35.5. The van der Waals surface area contributed by atoms with Gasteiger partial charge in [-0.25, -0.2) is 0 Å². The number of halogens is 1. The number of nitrogens with one attached hydrogen (secondary N) is 1. The number of nitrogens with zero attached hydrogens (tertiary/aromatic N) is 1. The van der Waals surface area contributed by atoms with Gasteiger partial charge in [0.1, 0.15) is 0 Å². The van der Waals surface area contributed by atoms with Gasteiger partial charge in [-0.05, 0) is 35.4 Å². The van der Waals surface area contributed by atoms with Gasteiger partial charge in [0, 0.05) is 17.3 Å². The van der Waals surface area contributed by atoms with E-state index in [1.165, 1.54) is 0 Å². The van der Waals surface area contributed by atoms with Crippen LogP contribution in [0.3, 0.4) is 0 Å². The summed E-state index contributed by atoms with van der Waals surface area (Å²) in [5.74, 6) is 1.12. The minimum absolute atomic E-state index is 0.0191. The molecule has 0 heterocycles. The van der Waals surface area contributed by atoms with E-state index in [1.807, 2.05) is 36.4 Å². The Labute approximate surface area is 139 Å². The topological polar surface area (TPSA) is 52.9 Å². The maximum atomic E-state index is 11.8. The van der Waals surface area contributed by atoms with Crippen LogP contribution in [-0.4, -0.2) is 11.7 Å². The Morgan fingerprint density at radius 3 is 2.73 bits per heavy atom. The molecule has 0 aliphatic carbocycles. The summed E-state index contributed by atoms with van der Waals surface area (Å²) in [5.41, 5.74) is 2.63. The number of carbonyl (C=O) groups excluding carboxylic acids is 1. The number of nitriles is 1. The van der Waals surface area contributed by atoms with Gasteiger partial charge in [0.05, 0.1) is 17.4 Å². The first-order valence-electron chi connectivity index (χ1n) is 6.75. The fraction of sp³-hybridized carbons (Fsp3) is 0.176. The molecule has 22 heavy (non-hydrogen) atoms. The third-order valence-electron chi connectivity index (χ3n) is 2.94. The zero-order valence-corrected chi connectivity index (χ0v) is 13.5. The molecule has 0 fully saturated rings. The number of hydrogen-bond acceptors (Lipinski definition) is 3. The normalized spacial score (nSPS) is 10.0. The Morgan fingerprint density at radius 2 is 1.95 bits per heavy atom. The molecule has 0 saturated heterocycles. The Hall–Kier alpha value is -1.96. The first-order chi connectivity index (χ1) is 10.7. The second-order valence-electron chi connectivity index (χ2n) is 4.71. The molecule has 1 N–H and O–H groups in total. The lowest BCUT2D eigenvalue weighted by Crippen LogP contribution is -2.24. The predicted molar refractivity (Wildman–Crippen MR) is 90.6 cm³/mol. The highest BCUT2D eigenvalue weighted by Gasteiger charge is 2.03. The summed E-state index contributed by atoms with van der Waals surface area (Å²) in [5, 5.41) is 12.4. The van der Waals surface area contributed by atoms with Crippen molar-refractivity contribution in [2.45, 2.75) is 12.3 Å². The van der Waals surface area contributed by atoms with Gasteiger partial charge < -0.3 is 5.32 Å². The summed E-state index contributed by atoms with van der Waals surface area (Å²) in [6.07, 6.45) is 0. The minimum Gasteiger partial charge on any atom is -0.351 e. The number of amides is 1. The minimum atomic E-state index is -0.0191. The largest absolute Gasteiger partial charge is 0.351 e. The van der Waals surface area contributed by atoms with Gasteiger partial charge in [-0.2, -0.15) is 5.26 Å². The van der Waals surface area contributed by atoms with Crippen LogP contribution in [-0.2, 0) is 17.1 Å². The van der Waals surface area contributed by atoms with Crippen molar-refractivity contribution in [3.8, 4) is 6.07 Å². The SMILES string of the molecule is N#Cc1cccc(CNC(=O)CSCc2cccc(Cl)c2)c1. The summed E-state index contributed by atoms with van der Waals surface area (Å²) in [7, 11) is 0. The van der Waals surface area contributed by atoms with Crippen LogP contribution in [0.1, 0.15) is 16.7 Å². The van der Waals surface area contributed by atoms with E-state index in [0.29, 0.717) is 22.9 Å². The lowest BCUT2D eigenvalue weighted by atomic mass is 10.1. The van der Waals surface area contributed by atoms with Gasteiger partial charge >= 0.3 is 0 Å². The highest BCUT2D eigenvalue weighted by molar-refractivity contribution is 7.99. The van der Waals surface area contributed by atoms with Gasteiger partial charge in [-0.15, -0.1) is 11.8 Å². The Balaban J connectivity index is 1.73. The van der Waals surface area contributed by atoms with Crippen LogP contribution >= 0.6 is 23.4 Å². The van der Waals surface area contributed by atoms with Crippen LogP contribution in [0, 0.1) is 11.3 Å². The number of carbonyl (C=O) groups is 1. The number of thioether (sulfide) groups is 1. The average molecular weight is 331 g/mol. The van der Waals surface area contributed by atoms with Crippen LogP contribution in [0.15, 0.2) is 48.5 Å². The van der Waals surface area contributed by atoms with E-state index < -0.39 is 0 Å². The van der Waals surface area contributed by atoms with E-state index in [-0.39, 0.29) is 5.91 Å². The lowest BCUT2D eigenvalue weighted by Gasteiger charge is -2.06. The predicted octanol–water partition coefficient (Wildman–Crippen LogP) is 3.76. The van der Waals surface area contributed by atoms with Crippen molar-refractivity contribution in [1.82, 2.24) is 5.32 Å². The van der Waals surface area contributed by atoms with E-state index in [2.05, 4.69) is 11.4 Å². The molecule has 112 valence electrons. The smallest absolute Gasteiger partial charge is 0.230 e. The molecular weight excluding hydrogens is 316 g/mol. The molecule has 3 nitrogen and oxygen atoms in total. The number of benzene rings is 2. The fourth-order valence-electron chi connectivity index (χ4n) is 1.89. The van der Waals surface area contributed by atoms with Crippen molar-refractivity contribution in [3.05, 3.63) is 70.2 Å². The zero-order chi connectivity index (χ0) is 15.8. The molecule has 2 aromatic carbocycles. The Bertz CT molecular complexity index is 697. The van der Waals surface area contributed by atoms with Crippen LogP contribution in [0.5, 0.6) is 0 Å². The molecule has 5 heteroatoms. The third kappa shape index (κ3) is 5.44. The maximum absolute atomic E-state index is 11.8. The molecule has 0 radical (unpaired) electrons. The van der Waals surface area contributed by atoms with E-state index >= 15 is 0 Å². The molecule has 0 aliphatic rings. The van der Waals surface area contributed by atoms with Gasteiger partial charge in [-0.3, -0.25) is 4.79 Å². The van der Waals surface area contributed by atoms with E-state index in [1.54, 1.807) is 23.9 Å². The van der Waals surface area contributed by atoms with Gasteiger partial charge in [0.15, 0.2) is 0 Å². The third-order valence-corrected chi connectivity index (χ3v) is 4.18. The summed E-state index contributed by atoms with van der Waals surface area (Å²) < 4.78 is 0. The first kappa shape index (κ1) is 16.4. The van der Waals surface area contributed by atoms with Gasteiger partial charge in [-0.1, -0.05) is 35.9 Å². The monoisotopic (exact) mass is 330 g/mol. The van der Waals surface area contributed by atoms with Gasteiger partial charge in [0.2, 0.25) is 5.91 Å². The summed E-state index contributed by atoms with van der Waals surface area (Å²) in [6, 6.07) is 16.9. The molecule has 2 rings (SSSR count). The first-order valence-corrected chi connectivity index (χ1v) is 8.28. The standard InChI is InChI=1S/C17H15ClN2OS/c18-16-6-2-5-15(8-16)11-22-12-17(21)20-10-14-4-1-3-13(7-14)9-19/h1-8H,10-12H2,(H,20,21). The fourth-order valence-corrected chi connectivity index (χ4v) is 2.91. The molecule has 2 aromatic rings. The maximum Gasteiger partial charge on any atom is 0.230 e. The molecule has 0 atom stereocenters. The lowest BCUT2D eigenvalue weighted by molar-refractivity contribution is -0.118. The Morgan fingerprint density at radius 1 is 1.18 bits per heavy atom. The second-order valence-corrected chi connectivity index (χ2v) is 6.13. The van der Waals surface area contributed by atoms with Crippen molar-refractivity contribution >= 4 is 29.3 Å². The molecule has 0 spiro atoms. The summed E-state index contributed by atoms with van der Waals surface area (Å²) >= 11 is 7.46. The summed E-state index contributed by atoms with van der Waals surface area (Å²) in [6.45, 7) is 0.437. The molecule has 0 unspecified atom stereocenters. The number of rotatable bonds is 6. The molecule has 0 aromatic heterocycles. The average Bonchev–Trinajstić information content (AvgIpc) is 2.53. The van der Waals surface area contributed by atoms with Crippen molar-refractivity contribution in [1.29, 1.82) is 5.26 Å². The van der Waals surface area contributed by atoms with E-state index in [9.17, 15) is 4.79 Å². The summed E-state index contributed by atoms with van der Waals surface area (Å²) in [4.78, 5) is 11.8. The Kier molecular flexibility index (Phi) is 6.32. The van der Waals surface area contributed by atoms with Crippen LogP contribution < -0.4 is 5.32 Å². The molecule has 1 amide bonds. The molecule has 0 aliphatic heterocycles. The van der Waals surface area contributed by atoms with Crippen LogP contribution in [0.25, 0.3) is 0 Å². The van der Waals surface area contributed by atoms with Gasteiger partial charge in [0.25, 0.3) is 0 Å². The van der Waals surface area contributed by atoms with E-state index in [0.717, 1.165) is 16.9 Å². The molecular formula is C17H15ClN2OS. The highest BCUT2D eigenvalue weighted by Crippen LogP contribution is 2.16. The van der Waals surface area contributed by atoms with Crippen molar-refractivity contribution in [3.63, 3.8) is 0 Å².